The minimum absolute atomic E-state index is 0.509. The molecule has 2 unspecified atom stereocenters. The summed E-state index contributed by atoms with van der Waals surface area (Å²) in [5, 5.41) is 3.61. The molecule has 0 spiro atoms. The van der Waals surface area contributed by atoms with Gasteiger partial charge in [-0.25, -0.2) is 0 Å². The Bertz CT molecular complexity index is 242. The van der Waals surface area contributed by atoms with Gasteiger partial charge in [-0.1, -0.05) is 26.7 Å². The molecule has 1 aliphatic carbocycles. The van der Waals surface area contributed by atoms with Crippen molar-refractivity contribution < 1.29 is 0 Å². The summed E-state index contributed by atoms with van der Waals surface area (Å²) < 4.78 is 0. The zero-order valence-corrected chi connectivity index (χ0v) is 13.8. The molecule has 1 fully saturated rings. The van der Waals surface area contributed by atoms with Crippen LogP contribution in [-0.4, -0.2) is 63.7 Å². The average Bonchev–Trinajstić information content (AvgIpc) is 2.34. The Hall–Kier alpha value is -0.120. The number of nitrogens with one attached hydrogen (secondary N) is 1. The Morgan fingerprint density at radius 3 is 2.53 bits per heavy atom. The molecule has 1 saturated carbocycles. The van der Waals surface area contributed by atoms with Gasteiger partial charge in [-0.05, 0) is 51.9 Å². The molecule has 3 nitrogen and oxygen atoms in total. The van der Waals surface area contributed by atoms with Gasteiger partial charge in [-0.15, -0.1) is 0 Å². The van der Waals surface area contributed by atoms with Crippen LogP contribution in [0.2, 0.25) is 0 Å². The molecule has 1 aliphatic rings. The van der Waals surface area contributed by atoms with Crippen molar-refractivity contribution in [2.75, 3.05) is 53.9 Å². The van der Waals surface area contributed by atoms with Gasteiger partial charge in [0, 0.05) is 26.2 Å². The molecule has 114 valence electrons. The summed E-state index contributed by atoms with van der Waals surface area (Å²) in [5.74, 6) is 0.898. The van der Waals surface area contributed by atoms with Crippen LogP contribution in [0, 0.1) is 11.3 Å². The third kappa shape index (κ3) is 6.24. The van der Waals surface area contributed by atoms with Crippen LogP contribution >= 0.6 is 0 Å². The second-order valence-electron chi connectivity index (χ2n) is 7.02. The van der Waals surface area contributed by atoms with Gasteiger partial charge in [0.15, 0.2) is 0 Å². The summed E-state index contributed by atoms with van der Waals surface area (Å²) >= 11 is 0. The second-order valence-corrected chi connectivity index (χ2v) is 7.02. The van der Waals surface area contributed by atoms with Crippen LogP contribution in [0.25, 0.3) is 0 Å². The van der Waals surface area contributed by atoms with Crippen LogP contribution in [0.5, 0.6) is 0 Å². The molecule has 0 saturated heterocycles. The van der Waals surface area contributed by atoms with Gasteiger partial charge < -0.3 is 15.1 Å². The first-order chi connectivity index (χ1) is 8.97. The maximum Gasteiger partial charge on any atom is 0.0106 e. The molecule has 0 aromatic heterocycles. The van der Waals surface area contributed by atoms with E-state index in [0.29, 0.717) is 5.41 Å². The summed E-state index contributed by atoms with van der Waals surface area (Å²) in [4.78, 5) is 4.81. The molecule has 1 N–H and O–H groups in total. The van der Waals surface area contributed by atoms with Gasteiger partial charge in [-0.2, -0.15) is 0 Å². The largest absolute Gasteiger partial charge is 0.316 e. The minimum Gasteiger partial charge on any atom is -0.316 e. The number of rotatable bonds is 8. The molecule has 1 rings (SSSR count). The van der Waals surface area contributed by atoms with Crippen LogP contribution in [0.1, 0.15) is 39.5 Å². The van der Waals surface area contributed by atoms with Crippen molar-refractivity contribution in [1.29, 1.82) is 0 Å². The third-order valence-corrected chi connectivity index (χ3v) is 4.47. The molecule has 0 aliphatic heterocycles. The molecule has 0 amide bonds. The number of nitrogens with zero attached hydrogens (tertiary/aromatic N) is 2. The predicted molar refractivity (Wildman–Crippen MR) is 84.7 cm³/mol. The lowest BCUT2D eigenvalue weighted by molar-refractivity contribution is 0.0895. The highest BCUT2D eigenvalue weighted by molar-refractivity contribution is 4.89. The summed E-state index contributed by atoms with van der Waals surface area (Å²) in [7, 11) is 6.60. The first-order valence-electron chi connectivity index (χ1n) is 8.01. The van der Waals surface area contributed by atoms with Crippen molar-refractivity contribution in [3.05, 3.63) is 0 Å². The first kappa shape index (κ1) is 16.9. The van der Waals surface area contributed by atoms with E-state index in [-0.39, 0.29) is 0 Å². The van der Waals surface area contributed by atoms with E-state index in [9.17, 15) is 0 Å². The van der Waals surface area contributed by atoms with E-state index in [1.807, 2.05) is 0 Å². The van der Waals surface area contributed by atoms with E-state index in [1.54, 1.807) is 0 Å². The van der Waals surface area contributed by atoms with Crippen LogP contribution in [-0.2, 0) is 0 Å². The molecular weight excluding hydrogens is 234 g/mol. The van der Waals surface area contributed by atoms with Crippen molar-refractivity contribution in [2.24, 2.45) is 11.3 Å². The standard InChI is InChI=1S/C16H35N3/c1-6-17-13-16(9-7-8-15(2)12-16)14-19(5)11-10-18(3)4/h15,17H,6-14H2,1-5H3. The molecule has 0 heterocycles. The Kier molecular flexibility index (Phi) is 7.33. The fourth-order valence-corrected chi connectivity index (χ4v) is 3.54. The van der Waals surface area contributed by atoms with Gasteiger partial charge >= 0.3 is 0 Å². The fraction of sp³-hybridized carbons (Fsp3) is 1.00. The van der Waals surface area contributed by atoms with Crippen LogP contribution in [0.3, 0.4) is 0 Å². The zero-order chi connectivity index (χ0) is 14.3. The Balaban J connectivity index is 2.52. The van der Waals surface area contributed by atoms with E-state index < -0.39 is 0 Å². The molecule has 0 radical (unpaired) electrons. The molecule has 0 aromatic rings. The van der Waals surface area contributed by atoms with E-state index in [4.69, 9.17) is 0 Å². The first-order valence-corrected chi connectivity index (χ1v) is 8.01. The van der Waals surface area contributed by atoms with Crippen LogP contribution in [0.4, 0.5) is 0 Å². The molecule has 0 bridgehead atoms. The summed E-state index contributed by atoms with van der Waals surface area (Å²) in [6, 6.07) is 0. The average molecular weight is 269 g/mol. The molecule has 19 heavy (non-hydrogen) atoms. The topological polar surface area (TPSA) is 18.5 Å². The van der Waals surface area contributed by atoms with Gasteiger partial charge in [0.2, 0.25) is 0 Å². The Morgan fingerprint density at radius 2 is 1.95 bits per heavy atom. The quantitative estimate of drug-likeness (QED) is 0.729. The van der Waals surface area contributed by atoms with E-state index in [0.717, 1.165) is 19.0 Å². The molecule has 2 atom stereocenters. The highest BCUT2D eigenvalue weighted by Gasteiger charge is 2.35. The smallest absolute Gasteiger partial charge is 0.0106 e. The summed E-state index contributed by atoms with van der Waals surface area (Å²) in [6.07, 6.45) is 5.63. The van der Waals surface area contributed by atoms with E-state index in [1.165, 1.54) is 45.3 Å². The van der Waals surface area contributed by atoms with Crippen molar-refractivity contribution in [3.63, 3.8) is 0 Å². The summed E-state index contributed by atoms with van der Waals surface area (Å²) in [6.45, 7) is 10.5. The lowest BCUT2D eigenvalue weighted by Gasteiger charge is -2.43. The van der Waals surface area contributed by atoms with Crippen molar-refractivity contribution in [3.8, 4) is 0 Å². The van der Waals surface area contributed by atoms with Crippen LogP contribution < -0.4 is 5.32 Å². The number of likely N-dealkylation sites (N-methyl/N-ethyl adjacent to an activating group) is 2. The maximum atomic E-state index is 3.61. The lowest BCUT2D eigenvalue weighted by Crippen LogP contribution is -2.46. The van der Waals surface area contributed by atoms with Crippen LogP contribution in [0.15, 0.2) is 0 Å². The Morgan fingerprint density at radius 1 is 1.21 bits per heavy atom. The van der Waals surface area contributed by atoms with Gasteiger partial charge in [0.1, 0.15) is 0 Å². The predicted octanol–water partition coefficient (Wildman–Crippen LogP) is 2.29. The van der Waals surface area contributed by atoms with Crippen molar-refractivity contribution >= 4 is 0 Å². The van der Waals surface area contributed by atoms with Crippen molar-refractivity contribution in [2.45, 2.75) is 39.5 Å². The monoisotopic (exact) mass is 269 g/mol. The summed E-state index contributed by atoms with van der Waals surface area (Å²) in [5.41, 5.74) is 0.509. The lowest BCUT2D eigenvalue weighted by atomic mass is 9.69. The molecule has 3 heteroatoms. The van der Waals surface area contributed by atoms with E-state index >= 15 is 0 Å². The fourth-order valence-electron chi connectivity index (χ4n) is 3.54. The molecular formula is C16H35N3. The SMILES string of the molecule is CCNCC1(CN(C)CCN(C)C)CCCC(C)C1. The van der Waals surface area contributed by atoms with E-state index in [2.05, 4.69) is 50.1 Å². The second kappa shape index (κ2) is 8.23. The zero-order valence-electron chi connectivity index (χ0n) is 13.8. The molecule has 0 aromatic carbocycles. The van der Waals surface area contributed by atoms with Crippen molar-refractivity contribution in [1.82, 2.24) is 15.1 Å². The highest BCUT2D eigenvalue weighted by atomic mass is 15.2. The maximum absolute atomic E-state index is 3.61. The Labute approximate surface area is 120 Å². The van der Waals surface area contributed by atoms with Gasteiger partial charge in [-0.3, -0.25) is 0 Å². The number of hydrogen-bond donors (Lipinski definition) is 1. The minimum atomic E-state index is 0.509. The highest BCUT2D eigenvalue weighted by Crippen LogP contribution is 2.39. The van der Waals surface area contributed by atoms with Gasteiger partial charge in [0.05, 0.1) is 0 Å². The van der Waals surface area contributed by atoms with Gasteiger partial charge in [0.25, 0.3) is 0 Å². The third-order valence-electron chi connectivity index (χ3n) is 4.47. The number of hydrogen-bond acceptors (Lipinski definition) is 3. The normalized spacial score (nSPS) is 28.3.